The third kappa shape index (κ3) is 5.08. The van der Waals surface area contributed by atoms with E-state index in [1.54, 1.807) is 0 Å². The van der Waals surface area contributed by atoms with Crippen molar-refractivity contribution in [3.8, 4) is 0 Å². The number of nitrogens with zero attached hydrogens (tertiary/aromatic N) is 5. The summed E-state index contributed by atoms with van der Waals surface area (Å²) in [5, 5.41) is 14.0. The predicted octanol–water partition coefficient (Wildman–Crippen LogP) is 4.49. The zero-order valence-corrected chi connectivity index (χ0v) is 21.2. The quantitative estimate of drug-likeness (QED) is 0.474. The molecule has 8 nitrogen and oxygen atoms in total. The maximum absolute atomic E-state index is 13.1. The Bertz CT molecular complexity index is 1160. The Morgan fingerprint density at radius 3 is 2.85 bits per heavy atom. The minimum atomic E-state index is -0.196. The van der Waals surface area contributed by atoms with Crippen molar-refractivity contribution in [1.29, 1.82) is 0 Å². The maximum Gasteiger partial charge on any atom is 0.252 e. The van der Waals surface area contributed by atoms with Gasteiger partial charge in [-0.2, -0.15) is 0 Å². The highest BCUT2D eigenvalue weighted by molar-refractivity contribution is 5.81. The lowest BCUT2D eigenvalue weighted by Crippen LogP contribution is -2.39. The molecule has 2 atom stereocenters. The molecule has 0 saturated carbocycles. The van der Waals surface area contributed by atoms with Crippen LogP contribution in [0.1, 0.15) is 82.8 Å². The number of aromatic amines is 1. The molecule has 184 valence electrons. The van der Waals surface area contributed by atoms with Crippen molar-refractivity contribution < 1.29 is 4.74 Å². The number of hydrogen-bond donors (Lipinski definition) is 1. The molecule has 1 aliphatic heterocycles. The van der Waals surface area contributed by atoms with Crippen LogP contribution in [0.4, 0.5) is 0 Å². The van der Waals surface area contributed by atoms with Crippen LogP contribution in [0, 0.1) is 6.92 Å². The second kappa shape index (κ2) is 10.4. The average molecular weight is 467 g/mol. The van der Waals surface area contributed by atoms with Crippen LogP contribution in [0.3, 0.4) is 0 Å². The summed E-state index contributed by atoms with van der Waals surface area (Å²) in [6.07, 6.45) is 5.07. The third-order valence-corrected chi connectivity index (χ3v) is 7.23. The van der Waals surface area contributed by atoms with Crippen molar-refractivity contribution in [1.82, 2.24) is 30.1 Å². The Morgan fingerprint density at radius 1 is 1.32 bits per heavy atom. The van der Waals surface area contributed by atoms with Crippen molar-refractivity contribution in [3.63, 3.8) is 0 Å². The summed E-state index contributed by atoms with van der Waals surface area (Å²) in [7, 11) is 0. The Labute approximate surface area is 201 Å². The number of fused-ring (bicyclic) bond motifs is 1. The largest absolute Gasteiger partial charge is 0.377 e. The summed E-state index contributed by atoms with van der Waals surface area (Å²) in [6.45, 7) is 12.7. The van der Waals surface area contributed by atoms with Gasteiger partial charge in [-0.15, -0.1) is 5.10 Å². The van der Waals surface area contributed by atoms with Gasteiger partial charge in [0.15, 0.2) is 5.82 Å². The Kier molecular flexibility index (Phi) is 7.48. The average Bonchev–Trinajstić information content (AvgIpc) is 3.51. The van der Waals surface area contributed by atoms with Gasteiger partial charge < -0.3 is 9.72 Å². The number of aromatic nitrogens is 5. The first kappa shape index (κ1) is 24.5. The summed E-state index contributed by atoms with van der Waals surface area (Å²) in [5.74, 6) is 0.861. The summed E-state index contributed by atoms with van der Waals surface area (Å²) in [5.41, 5.74) is 2.50. The molecule has 0 spiro atoms. The smallest absolute Gasteiger partial charge is 0.252 e. The van der Waals surface area contributed by atoms with Gasteiger partial charge in [0.2, 0.25) is 0 Å². The van der Waals surface area contributed by atoms with Crippen LogP contribution in [-0.4, -0.2) is 49.3 Å². The normalized spacial score (nSPS) is 17.6. The fourth-order valence-corrected chi connectivity index (χ4v) is 4.85. The number of pyridine rings is 1. The molecule has 1 fully saturated rings. The number of H-pyrrole nitrogens is 1. The molecular weight excluding hydrogens is 428 g/mol. The number of ether oxygens (including phenoxy) is 1. The van der Waals surface area contributed by atoms with E-state index in [4.69, 9.17) is 4.74 Å². The molecule has 1 saturated heterocycles. The monoisotopic (exact) mass is 466 g/mol. The topological polar surface area (TPSA) is 88.9 Å². The molecule has 4 rings (SSSR count). The van der Waals surface area contributed by atoms with Gasteiger partial charge in [-0.05, 0) is 73.9 Å². The minimum Gasteiger partial charge on any atom is -0.377 e. The van der Waals surface area contributed by atoms with E-state index in [0.29, 0.717) is 6.54 Å². The molecule has 0 radical (unpaired) electrons. The van der Waals surface area contributed by atoms with Crippen molar-refractivity contribution in [2.75, 3.05) is 13.2 Å². The second-order valence-corrected chi connectivity index (χ2v) is 10.1. The molecule has 1 N–H and O–H groups in total. The molecule has 1 aromatic carbocycles. The van der Waals surface area contributed by atoms with Crippen LogP contribution in [0.5, 0.6) is 0 Å². The number of para-hydroxylation sites is 1. The number of benzene rings is 1. The maximum atomic E-state index is 13.1. The molecule has 3 heterocycles. The molecule has 3 aromatic rings. The Balaban J connectivity index is 1.74. The van der Waals surface area contributed by atoms with Crippen LogP contribution >= 0.6 is 0 Å². The zero-order valence-electron chi connectivity index (χ0n) is 21.2. The highest BCUT2D eigenvalue weighted by Crippen LogP contribution is 2.31. The fraction of sp³-hybridized carbons (Fsp3) is 0.615. The van der Waals surface area contributed by atoms with E-state index in [-0.39, 0.29) is 23.2 Å². The lowest BCUT2D eigenvalue weighted by atomic mass is 10.00. The summed E-state index contributed by atoms with van der Waals surface area (Å²) >= 11 is 0. The SMILES string of the molecule is CCC[C@H](c1nnnn1C(C)(C)CC)N(Cc1cc2cccc(C)c2[nH]c1=O)C[C@@H]1CCCO1. The van der Waals surface area contributed by atoms with Crippen molar-refractivity contribution in [2.45, 2.75) is 91.0 Å². The van der Waals surface area contributed by atoms with Crippen molar-refractivity contribution in [2.24, 2.45) is 0 Å². The Hall–Kier alpha value is -2.58. The van der Waals surface area contributed by atoms with E-state index in [1.165, 1.54) is 0 Å². The third-order valence-electron chi connectivity index (χ3n) is 7.23. The molecule has 0 aliphatic carbocycles. The molecule has 1 aliphatic rings. The van der Waals surface area contributed by atoms with E-state index in [2.05, 4.69) is 59.2 Å². The van der Waals surface area contributed by atoms with Crippen LogP contribution in [0.25, 0.3) is 10.9 Å². The number of nitrogens with one attached hydrogen (secondary N) is 1. The Morgan fingerprint density at radius 2 is 2.15 bits per heavy atom. The first-order valence-electron chi connectivity index (χ1n) is 12.6. The van der Waals surface area contributed by atoms with Gasteiger partial charge in [0.25, 0.3) is 5.56 Å². The van der Waals surface area contributed by atoms with Gasteiger partial charge in [-0.1, -0.05) is 38.5 Å². The van der Waals surface area contributed by atoms with Crippen molar-refractivity contribution in [3.05, 3.63) is 51.6 Å². The minimum absolute atomic E-state index is 0.0115. The van der Waals surface area contributed by atoms with Gasteiger partial charge in [0.1, 0.15) is 0 Å². The fourth-order valence-electron chi connectivity index (χ4n) is 4.85. The van der Waals surface area contributed by atoms with Gasteiger partial charge in [-0.3, -0.25) is 9.69 Å². The standard InChI is InChI=1S/C26H38N6O2/c1-6-10-22(24-28-29-30-32(24)26(4,5)7-2)31(17-21-13-9-14-34-21)16-20-15-19-12-8-11-18(3)23(19)27-25(20)33/h8,11-12,15,21-22H,6-7,9-10,13-14,16-17H2,1-5H3,(H,27,33)/t21-,22+/m0/s1. The van der Waals surface area contributed by atoms with Crippen LogP contribution in [0.15, 0.2) is 29.1 Å². The lowest BCUT2D eigenvalue weighted by Gasteiger charge is -2.34. The molecule has 34 heavy (non-hydrogen) atoms. The summed E-state index contributed by atoms with van der Waals surface area (Å²) in [4.78, 5) is 18.6. The van der Waals surface area contributed by atoms with Gasteiger partial charge in [-0.25, -0.2) is 4.68 Å². The summed E-state index contributed by atoms with van der Waals surface area (Å²) < 4.78 is 7.99. The molecular formula is C26H38N6O2. The first-order valence-corrected chi connectivity index (χ1v) is 12.6. The van der Waals surface area contributed by atoms with Crippen LogP contribution < -0.4 is 5.56 Å². The van der Waals surface area contributed by atoms with Crippen LogP contribution in [0.2, 0.25) is 0 Å². The lowest BCUT2D eigenvalue weighted by molar-refractivity contribution is 0.0462. The highest BCUT2D eigenvalue weighted by atomic mass is 16.5. The van der Waals surface area contributed by atoms with E-state index >= 15 is 0 Å². The van der Waals surface area contributed by atoms with Gasteiger partial charge in [0, 0.05) is 25.3 Å². The summed E-state index contributed by atoms with van der Waals surface area (Å²) in [6, 6.07) is 8.13. The number of hydrogen-bond acceptors (Lipinski definition) is 6. The number of tetrazole rings is 1. The molecule has 8 heteroatoms. The molecule has 0 amide bonds. The van der Waals surface area contributed by atoms with E-state index in [1.807, 2.05) is 29.8 Å². The number of aryl methyl sites for hydroxylation is 1. The molecule has 0 unspecified atom stereocenters. The zero-order chi connectivity index (χ0) is 24.3. The second-order valence-electron chi connectivity index (χ2n) is 10.1. The van der Waals surface area contributed by atoms with E-state index in [9.17, 15) is 4.79 Å². The van der Waals surface area contributed by atoms with E-state index < -0.39 is 0 Å². The van der Waals surface area contributed by atoms with Gasteiger partial charge >= 0.3 is 0 Å². The number of rotatable bonds is 10. The van der Waals surface area contributed by atoms with E-state index in [0.717, 1.165) is 73.1 Å². The van der Waals surface area contributed by atoms with Crippen molar-refractivity contribution >= 4 is 10.9 Å². The first-order chi connectivity index (χ1) is 16.3. The molecule has 2 aromatic heterocycles. The van der Waals surface area contributed by atoms with Gasteiger partial charge in [0.05, 0.1) is 23.2 Å². The molecule has 0 bridgehead atoms. The predicted molar refractivity (Wildman–Crippen MR) is 134 cm³/mol. The highest BCUT2D eigenvalue weighted by Gasteiger charge is 2.33. The van der Waals surface area contributed by atoms with Crippen LogP contribution in [-0.2, 0) is 16.8 Å².